The van der Waals surface area contributed by atoms with Gasteiger partial charge < -0.3 is 15.1 Å². The highest BCUT2D eigenvalue weighted by Crippen LogP contribution is 2.26. The van der Waals surface area contributed by atoms with Gasteiger partial charge in [0.2, 0.25) is 0 Å². The molecule has 1 heterocycles. The number of likely N-dealkylation sites (N-methyl/N-ethyl adjacent to an activating group) is 1. The second-order valence-electron chi connectivity index (χ2n) is 6.21. The first-order chi connectivity index (χ1) is 10.1. The summed E-state index contributed by atoms with van der Waals surface area (Å²) in [4.78, 5) is 4.99. The molecule has 1 saturated heterocycles. The number of likely N-dealkylation sites (tertiary alicyclic amines) is 1. The van der Waals surface area contributed by atoms with Crippen molar-refractivity contribution in [1.29, 1.82) is 0 Å². The van der Waals surface area contributed by atoms with E-state index < -0.39 is 0 Å². The topological polar surface area (TPSA) is 18.5 Å². The first-order valence-electron chi connectivity index (χ1n) is 7.92. The van der Waals surface area contributed by atoms with E-state index in [1.165, 1.54) is 36.0 Å². The quantitative estimate of drug-likeness (QED) is 0.847. The third kappa shape index (κ3) is 4.78. The van der Waals surface area contributed by atoms with Crippen LogP contribution in [0.4, 0.5) is 0 Å². The molecule has 2 unspecified atom stereocenters. The number of nitrogens with one attached hydrogen (secondary N) is 1. The van der Waals surface area contributed by atoms with E-state index in [4.69, 9.17) is 0 Å². The van der Waals surface area contributed by atoms with Crippen molar-refractivity contribution in [2.75, 3.05) is 40.8 Å². The summed E-state index contributed by atoms with van der Waals surface area (Å²) in [6.45, 7) is 3.62. The van der Waals surface area contributed by atoms with Gasteiger partial charge in [0, 0.05) is 29.6 Å². The predicted molar refractivity (Wildman–Crippen MR) is 93.7 cm³/mol. The van der Waals surface area contributed by atoms with Crippen LogP contribution >= 0.6 is 15.9 Å². The van der Waals surface area contributed by atoms with Crippen molar-refractivity contribution < 1.29 is 0 Å². The average Bonchev–Trinajstić information content (AvgIpc) is 2.50. The van der Waals surface area contributed by atoms with Crippen molar-refractivity contribution in [2.24, 2.45) is 0 Å². The Kier molecular flexibility index (Phi) is 6.68. The lowest BCUT2D eigenvalue weighted by Crippen LogP contribution is -2.45. The average molecular weight is 354 g/mol. The first kappa shape index (κ1) is 16.9. The molecular formula is C17H28BrN3. The van der Waals surface area contributed by atoms with Crippen LogP contribution in [0.3, 0.4) is 0 Å². The molecule has 0 spiro atoms. The molecule has 2 rings (SSSR count). The summed E-state index contributed by atoms with van der Waals surface area (Å²) in [5, 5.41) is 3.47. The number of hydrogen-bond acceptors (Lipinski definition) is 3. The van der Waals surface area contributed by atoms with Crippen molar-refractivity contribution in [1.82, 2.24) is 15.1 Å². The second-order valence-corrected chi connectivity index (χ2v) is 7.07. The molecule has 0 amide bonds. The van der Waals surface area contributed by atoms with E-state index in [-0.39, 0.29) is 0 Å². The van der Waals surface area contributed by atoms with Gasteiger partial charge in [0.05, 0.1) is 0 Å². The van der Waals surface area contributed by atoms with E-state index in [9.17, 15) is 0 Å². The minimum atomic E-state index is 0.417. The largest absolute Gasteiger partial charge is 0.313 e. The van der Waals surface area contributed by atoms with E-state index in [2.05, 4.69) is 76.5 Å². The van der Waals surface area contributed by atoms with Gasteiger partial charge in [0.15, 0.2) is 0 Å². The molecule has 2 atom stereocenters. The fourth-order valence-electron chi connectivity index (χ4n) is 3.18. The summed E-state index contributed by atoms with van der Waals surface area (Å²) in [6.07, 6.45) is 3.81. The van der Waals surface area contributed by atoms with Crippen molar-refractivity contribution >= 4 is 15.9 Å². The molecule has 0 aromatic heterocycles. The highest BCUT2D eigenvalue weighted by atomic mass is 79.9. The van der Waals surface area contributed by atoms with Crippen LogP contribution in [0.2, 0.25) is 0 Å². The molecule has 1 fully saturated rings. The van der Waals surface area contributed by atoms with Gasteiger partial charge in [-0.1, -0.05) is 34.1 Å². The van der Waals surface area contributed by atoms with Crippen LogP contribution in [-0.4, -0.2) is 56.6 Å². The lowest BCUT2D eigenvalue weighted by molar-refractivity contribution is 0.129. The standard InChI is InChI=1S/C17H28BrN3/c1-19-17(15-8-4-5-9-16(15)18)10-12-21-11-6-7-14(13-21)20(2)3/h4-5,8-9,14,17,19H,6-7,10-13H2,1-3H3. The Labute approximate surface area is 137 Å². The van der Waals surface area contributed by atoms with Crippen LogP contribution in [0.1, 0.15) is 30.9 Å². The van der Waals surface area contributed by atoms with Gasteiger partial charge in [-0.3, -0.25) is 0 Å². The molecule has 1 aromatic carbocycles. The SMILES string of the molecule is CNC(CCN1CCCC(N(C)C)C1)c1ccccc1Br. The molecule has 1 aliphatic heterocycles. The van der Waals surface area contributed by atoms with Gasteiger partial charge in [-0.15, -0.1) is 0 Å². The van der Waals surface area contributed by atoms with Crippen molar-refractivity contribution in [3.8, 4) is 0 Å². The molecule has 0 radical (unpaired) electrons. The van der Waals surface area contributed by atoms with Crippen LogP contribution in [-0.2, 0) is 0 Å². The minimum Gasteiger partial charge on any atom is -0.313 e. The van der Waals surface area contributed by atoms with Gasteiger partial charge in [-0.2, -0.15) is 0 Å². The fourth-order valence-corrected chi connectivity index (χ4v) is 3.74. The highest BCUT2D eigenvalue weighted by Gasteiger charge is 2.22. The maximum atomic E-state index is 3.67. The molecule has 4 heteroatoms. The predicted octanol–water partition coefficient (Wildman–Crippen LogP) is 3.13. The maximum absolute atomic E-state index is 3.67. The molecular weight excluding hydrogens is 326 g/mol. The smallest absolute Gasteiger partial charge is 0.0340 e. The van der Waals surface area contributed by atoms with Gasteiger partial charge in [-0.05, 0) is 58.6 Å². The molecule has 118 valence electrons. The van der Waals surface area contributed by atoms with Gasteiger partial charge in [-0.25, -0.2) is 0 Å². The van der Waals surface area contributed by atoms with Gasteiger partial charge in [0.1, 0.15) is 0 Å². The molecule has 21 heavy (non-hydrogen) atoms. The van der Waals surface area contributed by atoms with Gasteiger partial charge in [0.25, 0.3) is 0 Å². The molecule has 1 aromatic rings. The number of hydrogen-bond donors (Lipinski definition) is 1. The zero-order valence-electron chi connectivity index (χ0n) is 13.5. The lowest BCUT2D eigenvalue weighted by atomic mass is 10.0. The zero-order valence-corrected chi connectivity index (χ0v) is 15.1. The summed E-state index contributed by atoms with van der Waals surface area (Å²) >= 11 is 3.67. The Balaban J connectivity index is 1.90. The Hall–Kier alpha value is -0.420. The summed E-state index contributed by atoms with van der Waals surface area (Å²) in [5.74, 6) is 0. The van der Waals surface area contributed by atoms with Crippen molar-refractivity contribution in [3.63, 3.8) is 0 Å². The van der Waals surface area contributed by atoms with Crippen molar-refractivity contribution in [3.05, 3.63) is 34.3 Å². The van der Waals surface area contributed by atoms with Crippen LogP contribution in [0, 0.1) is 0 Å². The number of rotatable bonds is 6. The van der Waals surface area contributed by atoms with Crippen LogP contribution in [0.15, 0.2) is 28.7 Å². The molecule has 1 N–H and O–H groups in total. The van der Waals surface area contributed by atoms with E-state index in [0.29, 0.717) is 6.04 Å². The monoisotopic (exact) mass is 353 g/mol. The zero-order chi connectivity index (χ0) is 15.2. The minimum absolute atomic E-state index is 0.417. The van der Waals surface area contributed by atoms with Gasteiger partial charge >= 0.3 is 0 Å². The summed E-state index contributed by atoms with van der Waals surface area (Å²) in [6, 6.07) is 9.67. The van der Waals surface area contributed by atoms with Crippen LogP contribution < -0.4 is 5.32 Å². The van der Waals surface area contributed by atoms with E-state index in [1.54, 1.807) is 0 Å². The normalized spacial score (nSPS) is 21.7. The Morgan fingerprint density at radius 1 is 1.38 bits per heavy atom. The summed E-state index contributed by atoms with van der Waals surface area (Å²) in [7, 11) is 6.46. The Bertz CT molecular complexity index is 436. The Morgan fingerprint density at radius 2 is 2.14 bits per heavy atom. The van der Waals surface area contributed by atoms with Crippen molar-refractivity contribution in [2.45, 2.75) is 31.3 Å². The van der Waals surface area contributed by atoms with Crippen LogP contribution in [0.25, 0.3) is 0 Å². The summed E-state index contributed by atoms with van der Waals surface area (Å²) in [5.41, 5.74) is 1.36. The van der Waals surface area contributed by atoms with E-state index >= 15 is 0 Å². The molecule has 3 nitrogen and oxygen atoms in total. The van der Waals surface area contributed by atoms with E-state index in [1.807, 2.05) is 0 Å². The van der Waals surface area contributed by atoms with E-state index in [0.717, 1.165) is 19.0 Å². The van der Waals surface area contributed by atoms with Crippen LogP contribution in [0.5, 0.6) is 0 Å². The Morgan fingerprint density at radius 3 is 2.81 bits per heavy atom. The molecule has 0 bridgehead atoms. The first-order valence-corrected chi connectivity index (χ1v) is 8.71. The maximum Gasteiger partial charge on any atom is 0.0340 e. The molecule has 1 aliphatic rings. The molecule has 0 saturated carbocycles. The third-order valence-corrected chi connectivity index (χ3v) is 5.30. The summed E-state index contributed by atoms with van der Waals surface area (Å²) < 4.78 is 1.20. The molecule has 0 aliphatic carbocycles. The second kappa shape index (κ2) is 8.28. The third-order valence-electron chi connectivity index (χ3n) is 4.57. The highest BCUT2D eigenvalue weighted by molar-refractivity contribution is 9.10. The number of nitrogens with zero attached hydrogens (tertiary/aromatic N) is 2. The lowest BCUT2D eigenvalue weighted by Gasteiger charge is -2.36. The number of halogens is 1. The fraction of sp³-hybridized carbons (Fsp3) is 0.647. The number of benzene rings is 1. The number of piperidine rings is 1.